The quantitative estimate of drug-likeness (QED) is 0.698. The maximum absolute atomic E-state index is 12.8. The molecule has 0 aromatic heterocycles. The molecule has 2 aromatic carbocycles. The molecule has 2 aromatic rings. The van der Waals surface area contributed by atoms with Crippen molar-refractivity contribution >= 4 is 38.4 Å². The second-order valence-electron chi connectivity index (χ2n) is 7.15. The molecule has 0 unspecified atom stereocenters. The molecule has 0 saturated carbocycles. The zero-order valence-electron chi connectivity index (χ0n) is 16.6. The van der Waals surface area contributed by atoms with E-state index in [1.165, 1.54) is 11.8 Å². The molecule has 0 bridgehead atoms. The van der Waals surface area contributed by atoms with Crippen LogP contribution >= 0.6 is 11.8 Å². The summed E-state index contributed by atoms with van der Waals surface area (Å²) in [5.41, 5.74) is 0.695. The summed E-state index contributed by atoms with van der Waals surface area (Å²) in [5, 5.41) is 0.287. The van der Waals surface area contributed by atoms with Crippen LogP contribution in [0.5, 0.6) is 11.5 Å². The molecule has 2 aliphatic heterocycles. The van der Waals surface area contributed by atoms with Gasteiger partial charge in [-0.2, -0.15) is 4.99 Å². The van der Waals surface area contributed by atoms with E-state index in [4.69, 9.17) is 9.47 Å². The van der Waals surface area contributed by atoms with E-state index >= 15 is 0 Å². The monoisotopic (exact) mass is 446 g/mol. The van der Waals surface area contributed by atoms with Gasteiger partial charge in [-0.05, 0) is 31.2 Å². The number of amides is 1. The number of ether oxygens (including phenoxy) is 2. The number of hydrogen-bond donors (Lipinski definition) is 0. The molecule has 9 heteroatoms. The number of amidine groups is 1. The van der Waals surface area contributed by atoms with Crippen LogP contribution in [0, 0.1) is 0 Å². The van der Waals surface area contributed by atoms with Gasteiger partial charge >= 0.3 is 0 Å². The number of hydrogen-bond acceptors (Lipinski definition) is 6. The first-order valence-corrected chi connectivity index (χ1v) is 12.2. The molecule has 2 saturated heterocycles. The third kappa shape index (κ3) is 4.17. The Bertz CT molecular complexity index is 1070. The first-order valence-electron chi connectivity index (χ1n) is 9.51. The lowest BCUT2D eigenvalue weighted by atomic mass is 10.2. The van der Waals surface area contributed by atoms with Crippen LogP contribution in [0.15, 0.2) is 59.6 Å². The third-order valence-corrected chi connectivity index (χ3v) is 8.23. The van der Waals surface area contributed by atoms with Crippen molar-refractivity contribution < 1.29 is 22.7 Å². The van der Waals surface area contributed by atoms with Crippen molar-refractivity contribution in [2.75, 3.05) is 23.5 Å². The Morgan fingerprint density at radius 2 is 1.83 bits per heavy atom. The predicted molar refractivity (Wildman–Crippen MR) is 118 cm³/mol. The summed E-state index contributed by atoms with van der Waals surface area (Å²) in [7, 11) is -1.58. The highest BCUT2D eigenvalue weighted by molar-refractivity contribution is 8.16. The highest BCUT2D eigenvalue weighted by atomic mass is 32.2. The first kappa shape index (κ1) is 20.7. The minimum atomic E-state index is -3.14. The topological polar surface area (TPSA) is 85.3 Å². The Morgan fingerprint density at radius 1 is 1.13 bits per heavy atom. The van der Waals surface area contributed by atoms with Crippen molar-refractivity contribution in [1.82, 2.24) is 0 Å². The summed E-state index contributed by atoms with van der Waals surface area (Å²) < 4.78 is 35.6. The lowest BCUT2D eigenvalue weighted by Crippen LogP contribution is -2.38. The van der Waals surface area contributed by atoms with E-state index in [1.54, 1.807) is 32.2 Å². The van der Waals surface area contributed by atoms with Gasteiger partial charge in [0, 0.05) is 5.25 Å². The van der Waals surface area contributed by atoms with Crippen LogP contribution in [0.25, 0.3) is 0 Å². The number of methoxy groups -OCH3 is 1. The van der Waals surface area contributed by atoms with Crippen LogP contribution in [-0.2, 0) is 14.6 Å². The second-order valence-corrected chi connectivity index (χ2v) is 10.5. The molecular weight excluding hydrogens is 424 g/mol. The van der Waals surface area contributed by atoms with Gasteiger partial charge in [0.2, 0.25) is 0 Å². The maximum atomic E-state index is 12.8. The number of carbonyl (C=O) groups excluding carboxylic acids is 1. The maximum Gasteiger partial charge on any atom is 0.288 e. The van der Waals surface area contributed by atoms with Crippen molar-refractivity contribution in [1.29, 1.82) is 0 Å². The van der Waals surface area contributed by atoms with E-state index in [1.807, 2.05) is 41.3 Å². The Kier molecular flexibility index (Phi) is 5.75. The zero-order chi connectivity index (χ0) is 21.3. The van der Waals surface area contributed by atoms with Gasteiger partial charge in [-0.3, -0.25) is 4.79 Å². The fourth-order valence-corrected chi connectivity index (χ4v) is 7.53. The average molecular weight is 447 g/mol. The molecule has 0 aliphatic carbocycles. The van der Waals surface area contributed by atoms with Gasteiger partial charge in [0.05, 0.1) is 30.3 Å². The van der Waals surface area contributed by atoms with E-state index in [0.717, 1.165) is 0 Å². The van der Waals surface area contributed by atoms with Gasteiger partial charge in [0.15, 0.2) is 21.1 Å². The molecule has 0 radical (unpaired) electrons. The Balaban J connectivity index is 1.64. The highest BCUT2D eigenvalue weighted by Crippen LogP contribution is 2.43. The summed E-state index contributed by atoms with van der Waals surface area (Å²) >= 11 is 1.32. The summed E-state index contributed by atoms with van der Waals surface area (Å²) in [4.78, 5) is 18.9. The molecule has 2 aliphatic rings. The van der Waals surface area contributed by atoms with Crippen molar-refractivity contribution in [2.24, 2.45) is 4.99 Å². The number of aliphatic imine (C=N–C) groups is 1. The Hall–Kier alpha value is -2.52. The number of benzene rings is 2. The fraction of sp³-hybridized carbons (Fsp3) is 0.333. The highest BCUT2D eigenvalue weighted by Gasteiger charge is 2.50. The van der Waals surface area contributed by atoms with Crippen LogP contribution in [0.2, 0.25) is 0 Å². The molecule has 0 N–H and O–H groups in total. The van der Waals surface area contributed by atoms with Gasteiger partial charge in [-0.25, -0.2) is 8.42 Å². The predicted octanol–water partition coefficient (Wildman–Crippen LogP) is 2.76. The number of fused-ring (bicyclic) bond motifs is 1. The lowest BCUT2D eigenvalue weighted by Gasteiger charge is -2.26. The summed E-state index contributed by atoms with van der Waals surface area (Å²) in [6.45, 7) is 1.65. The molecule has 1 amide bonds. The van der Waals surface area contributed by atoms with Crippen molar-refractivity contribution in [3.05, 3.63) is 54.6 Å². The average Bonchev–Trinajstić information content (AvgIpc) is 3.19. The minimum absolute atomic E-state index is 0.0198. The molecule has 2 heterocycles. The van der Waals surface area contributed by atoms with Gasteiger partial charge in [0.1, 0.15) is 11.5 Å². The second kappa shape index (κ2) is 8.31. The zero-order valence-corrected chi connectivity index (χ0v) is 18.2. The SMILES string of the molecule is COc1ccccc1N1C(=NC(=O)[C@@H](C)Oc2ccccc2)S[C@@H]2CS(=O)(=O)C[C@@H]21. The molecule has 0 spiro atoms. The van der Waals surface area contributed by atoms with Crippen LogP contribution in [-0.4, -0.2) is 55.5 Å². The Morgan fingerprint density at radius 3 is 2.57 bits per heavy atom. The van der Waals surface area contributed by atoms with Gasteiger partial charge in [-0.1, -0.05) is 42.1 Å². The van der Waals surface area contributed by atoms with Gasteiger partial charge < -0.3 is 14.4 Å². The van der Waals surface area contributed by atoms with E-state index in [-0.39, 0.29) is 22.8 Å². The van der Waals surface area contributed by atoms with Crippen LogP contribution in [0.1, 0.15) is 6.92 Å². The van der Waals surface area contributed by atoms with Crippen molar-refractivity contribution in [3.8, 4) is 11.5 Å². The van der Waals surface area contributed by atoms with E-state index in [2.05, 4.69) is 4.99 Å². The van der Waals surface area contributed by atoms with Gasteiger partial charge in [0.25, 0.3) is 5.91 Å². The summed E-state index contributed by atoms with van der Waals surface area (Å²) in [6, 6.07) is 16.1. The lowest BCUT2D eigenvalue weighted by molar-refractivity contribution is -0.123. The Labute approximate surface area is 180 Å². The third-order valence-electron chi connectivity index (χ3n) is 5.02. The smallest absolute Gasteiger partial charge is 0.288 e. The largest absolute Gasteiger partial charge is 0.495 e. The number of carbonyl (C=O) groups is 1. The van der Waals surface area contributed by atoms with Crippen molar-refractivity contribution in [3.63, 3.8) is 0 Å². The molecule has 2 fully saturated rings. The molecule has 4 rings (SSSR count). The fourth-order valence-electron chi connectivity index (χ4n) is 3.61. The standard InChI is InChI=1S/C21H22N2O5S2/c1-14(28-15-8-4-3-5-9-15)20(24)22-21-23(16-10-6-7-11-18(16)27-2)17-12-30(25,26)13-19(17)29-21/h3-11,14,17,19H,12-13H2,1-2H3/t14-,17+,19-/m1/s1. The number of para-hydroxylation sites is 3. The molecular formula is C21H22N2O5S2. The molecule has 3 atom stereocenters. The van der Waals surface area contributed by atoms with E-state index < -0.39 is 21.8 Å². The number of rotatable bonds is 5. The van der Waals surface area contributed by atoms with Crippen LogP contribution < -0.4 is 14.4 Å². The van der Waals surface area contributed by atoms with Crippen LogP contribution in [0.4, 0.5) is 5.69 Å². The number of anilines is 1. The normalized spacial score (nSPS) is 24.5. The number of nitrogens with zero attached hydrogens (tertiary/aromatic N) is 2. The van der Waals surface area contributed by atoms with Crippen molar-refractivity contribution in [2.45, 2.75) is 24.3 Å². The van der Waals surface area contributed by atoms with Crippen LogP contribution in [0.3, 0.4) is 0 Å². The first-order chi connectivity index (χ1) is 14.4. The van der Waals surface area contributed by atoms with E-state index in [9.17, 15) is 13.2 Å². The molecule has 158 valence electrons. The summed E-state index contributed by atoms with van der Waals surface area (Å²) in [5.74, 6) is 0.839. The number of thioether (sulfide) groups is 1. The number of sulfone groups is 1. The molecule has 30 heavy (non-hydrogen) atoms. The molecule has 7 nitrogen and oxygen atoms in total. The van der Waals surface area contributed by atoms with Gasteiger partial charge in [-0.15, -0.1) is 0 Å². The summed E-state index contributed by atoms with van der Waals surface area (Å²) in [6.07, 6.45) is -0.774. The minimum Gasteiger partial charge on any atom is -0.495 e. The van der Waals surface area contributed by atoms with E-state index in [0.29, 0.717) is 22.4 Å².